The maximum Gasteiger partial charge on any atom is 0.472 e. The molecule has 0 amide bonds. The van der Waals surface area contributed by atoms with Crippen molar-refractivity contribution in [2.24, 2.45) is 53.1 Å². The molecule has 0 aliphatic rings. The molecule has 0 spiro atoms. The highest BCUT2D eigenvalue weighted by molar-refractivity contribution is 7.47. The predicted octanol–water partition coefficient (Wildman–Crippen LogP) is 12.5. The maximum absolute atomic E-state index is 12.9. The molecule has 0 saturated carbocycles. The van der Waals surface area contributed by atoms with Crippen molar-refractivity contribution < 1.29 is 37.6 Å². The Morgan fingerprint density at radius 3 is 1.22 bits per heavy atom. The highest BCUT2D eigenvalue weighted by Gasteiger charge is 2.27. The molecule has 0 heterocycles. The zero-order chi connectivity index (χ0) is 41.6. The summed E-state index contributed by atoms with van der Waals surface area (Å²) in [6.07, 6.45) is 21.3. The Kier molecular flexibility index (Phi) is 32.3. The first-order valence-corrected chi connectivity index (χ1v) is 24.1. The van der Waals surface area contributed by atoms with Gasteiger partial charge in [0.1, 0.15) is 6.61 Å². The SMILES string of the molecule is CC(C)CCC[C@@H](C)CCC[C@H](C)CCC[C@@H](C)CC(=O)O[C@H](COC(=O)C[C@@H](C)CCC[C@@H](C)CCC[C@@H](C)CCCC(C)C)COP(=O)(O)OCCN. The summed E-state index contributed by atoms with van der Waals surface area (Å²) < 4.78 is 33.3. The van der Waals surface area contributed by atoms with Crippen molar-refractivity contribution in [2.75, 3.05) is 26.4 Å². The lowest BCUT2D eigenvalue weighted by Crippen LogP contribution is -2.30. The van der Waals surface area contributed by atoms with Gasteiger partial charge in [0.2, 0.25) is 0 Å². The summed E-state index contributed by atoms with van der Waals surface area (Å²) in [7, 11) is -4.40. The third-order valence-corrected chi connectivity index (χ3v) is 12.1. The van der Waals surface area contributed by atoms with E-state index in [9.17, 15) is 19.0 Å². The quantitative estimate of drug-likeness (QED) is 0.0465. The Morgan fingerprint density at radius 1 is 0.509 bits per heavy atom. The predicted molar refractivity (Wildman–Crippen MR) is 229 cm³/mol. The molecule has 0 aromatic carbocycles. The van der Waals surface area contributed by atoms with E-state index >= 15 is 0 Å². The number of carbonyl (C=O) groups is 2. The normalized spacial score (nSPS) is 17.0. The first-order valence-electron chi connectivity index (χ1n) is 22.6. The van der Waals surface area contributed by atoms with Crippen molar-refractivity contribution in [3.8, 4) is 0 Å². The van der Waals surface area contributed by atoms with Crippen molar-refractivity contribution in [2.45, 2.75) is 204 Å². The smallest absolute Gasteiger partial charge is 0.462 e. The van der Waals surface area contributed by atoms with E-state index in [1.165, 1.54) is 77.0 Å². The lowest BCUT2D eigenvalue weighted by atomic mass is 9.91. The summed E-state index contributed by atoms with van der Waals surface area (Å²) in [5, 5.41) is 0. The zero-order valence-corrected chi connectivity index (χ0v) is 38.4. The third kappa shape index (κ3) is 34.7. The van der Waals surface area contributed by atoms with Gasteiger partial charge in [-0.25, -0.2) is 4.57 Å². The molecule has 0 aliphatic carbocycles. The Morgan fingerprint density at radius 2 is 0.855 bits per heavy atom. The van der Waals surface area contributed by atoms with Crippen molar-refractivity contribution in [1.29, 1.82) is 0 Å². The molecule has 0 radical (unpaired) electrons. The molecule has 1 unspecified atom stereocenters. The Balaban J connectivity index is 4.65. The topological polar surface area (TPSA) is 134 Å². The number of ether oxygens (including phenoxy) is 2. The van der Waals surface area contributed by atoms with Gasteiger partial charge in [-0.15, -0.1) is 0 Å². The second-order valence-corrected chi connectivity index (χ2v) is 20.0. The van der Waals surface area contributed by atoms with Crippen molar-refractivity contribution in [1.82, 2.24) is 0 Å². The van der Waals surface area contributed by atoms with Gasteiger partial charge in [-0.2, -0.15) is 0 Å². The van der Waals surface area contributed by atoms with Crippen molar-refractivity contribution in [3.05, 3.63) is 0 Å². The van der Waals surface area contributed by atoms with Gasteiger partial charge in [-0.05, 0) is 47.3 Å². The molecule has 0 aliphatic heterocycles. The van der Waals surface area contributed by atoms with Crippen LogP contribution in [0.15, 0.2) is 0 Å². The van der Waals surface area contributed by atoms with E-state index in [2.05, 4.69) is 62.3 Å². The second-order valence-electron chi connectivity index (χ2n) is 18.6. The second kappa shape index (κ2) is 32.9. The van der Waals surface area contributed by atoms with Crippen LogP contribution in [0.5, 0.6) is 0 Å². The Hall–Kier alpha value is -0.990. The molecular weight excluding hydrogens is 713 g/mol. The fraction of sp³-hybridized carbons (Fsp3) is 0.956. The monoisotopic (exact) mass is 804 g/mol. The molecular formula is C45H90NO8P. The van der Waals surface area contributed by atoms with Crippen LogP contribution in [0.4, 0.5) is 0 Å². The van der Waals surface area contributed by atoms with E-state index in [1.807, 2.05) is 6.92 Å². The van der Waals surface area contributed by atoms with Crippen LogP contribution in [0.1, 0.15) is 198 Å². The molecule has 0 saturated heterocycles. The van der Waals surface area contributed by atoms with Gasteiger partial charge in [0.15, 0.2) is 6.10 Å². The molecule has 0 bridgehead atoms. The largest absolute Gasteiger partial charge is 0.472 e. The minimum Gasteiger partial charge on any atom is -0.462 e. The van der Waals surface area contributed by atoms with Gasteiger partial charge in [0.05, 0.1) is 13.2 Å². The van der Waals surface area contributed by atoms with Gasteiger partial charge in [-0.3, -0.25) is 18.6 Å². The first kappa shape index (κ1) is 54.0. The molecule has 55 heavy (non-hydrogen) atoms. The summed E-state index contributed by atoms with van der Waals surface area (Å²) in [6, 6.07) is 0. The van der Waals surface area contributed by atoms with E-state index in [0.29, 0.717) is 11.8 Å². The van der Waals surface area contributed by atoms with Crippen molar-refractivity contribution >= 4 is 19.8 Å². The van der Waals surface area contributed by atoms with Gasteiger partial charge >= 0.3 is 19.8 Å². The summed E-state index contributed by atoms with van der Waals surface area (Å²) >= 11 is 0. The van der Waals surface area contributed by atoms with Crippen LogP contribution in [0.25, 0.3) is 0 Å². The zero-order valence-electron chi connectivity index (χ0n) is 37.5. The van der Waals surface area contributed by atoms with Crippen LogP contribution in [-0.4, -0.2) is 49.3 Å². The highest BCUT2D eigenvalue weighted by Crippen LogP contribution is 2.43. The van der Waals surface area contributed by atoms with Crippen LogP contribution in [0.2, 0.25) is 0 Å². The number of esters is 2. The number of phosphoric ester groups is 1. The molecule has 9 nitrogen and oxygen atoms in total. The number of phosphoric acid groups is 1. The number of hydrogen-bond acceptors (Lipinski definition) is 8. The molecule has 3 N–H and O–H groups in total. The molecule has 0 aromatic rings. The van der Waals surface area contributed by atoms with Crippen LogP contribution in [0, 0.1) is 47.3 Å². The maximum atomic E-state index is 12.9. The van der Waals surface area contributed by atoms with Gasteiger partial charge in [0.25, 0.3) is 0 Å². The van der Waals surface area contributed by atoms with E-state index in [0.717, 1.165) is 62.2 Å². The fourth-order valence-electron chi connectivity index (χ4n) is 7.34. The molecule has 10 heteroatoms. The molecule has 8 atom stereocenters. The Labute approximate surface area is 339 Å². The summed E-state index contributed by atoms with van der Waals surface area (Å²) in [4.78, 5) is 35.7. The average molecular weight is 804 g/mol. The van der Waals surface area contributed by atoms with Crippen molar-refractivity contribution in [3.63, 3.8) is 0 Å². The lowest BCUT2D eigenvalue weighted by molar-refractivity contribution is -0.162. The standard InChI is InChI=1S/C45H90NO8P/c1-35(2)17-11-19-37(5)21-13-23-39(7)25-15-27-41(9)31-44(47)51-33-43(34-53-55(49,50)52-30-29-46)54-45(48)32-42(10)28-16-26-40(8)24-14-22-38(6)20-12-18-36(3)4/h35-43H,11-34,46H2,1-10H3,(H,49,50)/t37-,38+,39-,40-,41-,42+,43+/m0/s1. The van der Waals surface area contributed by atoms with Crippen LogP contribution in [-0.2, 0) is 32.7 Å². The summed E-state index contributed by atoms with van der Waals surface area (Å²) in [6.45, 7) is 21.9. The van der Waals surface area contributed by atoms with Gasteiger partial charge in [-0.1, -0.05) is 185 Å². The van der Waals surface area contributed by atoms with E-state index < -0.39 is 26.5 Å². The molecule has 0 aromatic heterocycles. The molecule has 328 valence electrons. The van der Waals surface area contributed by atoms with Crippen LogP contribution < -0.4 is 5.73 Å². The van der Waals surface area contributed by atoms with E-state index in [1.54, 1.807) is 0 Å². The van der Waals surface area contributed by atoms with E-state index in [-0.39, 0.29) is 50.4 Å². The number of carbonyl (C=O) groups excluding carboxylic acids is 2. The van der Waals surface area contributed by atoms with E-state index in [4.69, 9.17) is 24.3 Å². The van der Waals surface area contributed by atoms with Crippen LogP contribution >= 0.6 is 7.82 Å². The number of nitrogens with two attached hydrogens (primary N) is 1. The minimum atomic E-state index is -4.40. The number of rotatable bonds is 37. The number of hydrogen-bond donors (Lipinski definition) is 2. The third-order valence-electron chi connectivity index (χ3n) is 11.1. The minimum absolute atomic E-state index is 0.0490. The highest BCUT2D eigenvalue weighted by atomic mass is 31.2. The summed E-state index contributed by atoms with van der Waals surface area (Å²) in [5.74, 6) is 3.95. The Bertz CT molecular complexity index is 994. The molecule has 0 rings (SSSR count). The average Bonchev–Trinajstić information content (AvgIpc) is 3.08. The lowest BCUT2D eigenvalue weighted by Gasteiger charge is -2.21. The summed E-state index contributed by atoms with van der Waals surface area (Å²) in [5.41, 5.74) is 5.38. The van der Waals surface area contributed by atoms with Crippen LogP contribution in [0.3, 0.4) is 0 Å². The molecule has 0 fully saturated rings. The van der Waals surface area contributed by atoms with Gasteiger partial charge < -0.3 is 20.1 Å². The first-order chi connectivity index (χ1) is 25.9. The van der Waals surface area contributed by atoms with Gasteiger partial charge in [0, 0.05) is 19.4 Å². The fourth-order valence-corrected chi connectivity index (χ4v) is 8.10.